The molecule has 4 heteroatoms. The van der Waals surface area contributed by atoms with Gasteiger partial charge in [0.15, 0.2) is 5.82 Å². The van der Waals surface area contributed by atoms with Crippen molar-refractivity contribution < 1.29 is 0 Å². The number of nitrogen functional groups attached to an aromatic ring is 1. The molecule has 2 aromatic carbocycles. The number of aromatic nitrogens is 3. The molecule has 0 aliphatic carbocycles. The van der Waals surface area contributed by atoms with Crippen LogP contribution >= 0.6 is 0 Å². The maximum Gasteiger partial charge on any atom is 0.165 e. The van der Waals surface area contributed by atoms with Crippen molar-refractivity contribution in [3.05, 3.63) is 66.4 Å². The molecule has 2 N–H and O–H groups in total. The second-order valence-corrected chi connectivity index (χ2v) is 4.40. The molecule has 0 unspecified atom stereocenters. The maximum atomic E-state index is 5.54. The number of benzene rings is 2. The first-order chi connectivity index (χ1) is 9.31. The summed E-state index contributed by atoms with van der Waals surface area (Å²) >= 11 is 0. The van der Waals surface area contributed by atoms with E-state index in [9.17, 15) is 0 Å². The Bertz CT molecular complexity index is 656. The minimum atomic E-state index is 0.445. The average molecular weight is 250 g/mol. The van der Waals surface area contributed by atoms with Gasteiger partial charge in [-0.15, -0.1) is 5.10 Å². The number of hydrogen-bond donors (Lipinski definition) is 1. The molecule has 0 atom stereocenters. The van der Waals surface area contributed by atoms with Crippen molar-refractivity contribution in [1.29, 1.82) is 0 Å². The molecule has 0 bridgehead atoms. The van der Waals surface area contributed by atoms with Crippen molar-refractivity contribution in [2.45, 2.75) is 6.54 Å². The number of nitrogens with two attached hydrogens (primary N) is 1. The summed E-state index contributed by atoms with van der Waals surface area (Å²) in [5, 5.41) is 7.70. The Balaban J connectivity index is 1.79. The summed E-state index contributed by atoms with van der Waals surface area (Å²) in [6.07, 6.45) is 1.73. The van der Waals surface area contributed by atoms with Gasteiger partial charge in [0, 0.05) is 0 Å². The van der Waals surface area contributed by atoms with Crippen molar-refractivity contribution in [2.24, 2.45) is 0 Å². The van der Waals surface area contributed by atoms with Gasteiger partial charge < -0.3 is 5.73 Å². The van der Waals surface area contributed by atoms with Gasteiger partial charge >= 0.3 is 0 Å². The molecular weight excluding hydrogens is 236 g/mol. The smallest absolute Gasteiger partial charge is 0.165 e. The minimum Gasteiger partial charge on any atom is -0.381 e. The van der Waals surface area contributed by atoms with Crippen LogP contribution in [0.15, 0.2) is 60.8 Å². The third-order valence-electron chi connectivity index (χ3n) is 2.96. The van der Waals surface area contributed by atoms with Gasteiger partial charge in [0.05, 0.1) is 12.7 Å². The molecule has 1 aromatic heterocycles. The highest BCUT2D eigenvalue weighted by Gasteiger charge is 2.00. The quantitative estimate of drug-likeness (QED) is 0.777. The van der Waals surface area contributed by atoms with Crippen molar-refractivity contribution >= 4 is 5.82 Å². The standard InChI is InChI=1S/C15H14N4/c16-15-11-19(18-17-15)10-12-6-8-14(9-7-12)13-4-2-1-3-5-13/h1-9,11H,10,16H2. The van der Waals surface area contributed by atoms with Gasteiger partial charge in [-0.2, -0.15) is 0 Å². The molecule has 0 amide bonds. The van der Waals surface area contributed by atoms with Crippen molar-refractivity contribution in [2.75, 3.05) is 5.73 Å². The van der Waals surface area contributed by atoms with Crippen LogP contribution in [0.2, 0.25) is 0 Å². The van der Waals surface area contributed by atoms with E-state index in [-0.39, 0.29) is 0 Å². The van der Waals surface area contributed by atoms with Gasteiger partial charge in [0.1, 0.15) is 0 Å². The molecule has 94 valence electrons. The number of nitrogens with zero attached hydrogens (tertiary/aromatic N) is 3. The zero-order chi connectivity index (χ0) is 13.1. The predicted octanol–water partition coefficient (Wildman–Crippen LogP) is 2.58. The molecule has 0 radical (unpaired) electrons. The summed E-state index contributed by atoms with van der Waals surface area (Å²) in [7, 11) is 0. The summed E-state index contributed by atoms with van der Waals surface area (Å²) in [6.45, 7) is 0.680. The van der Waals surface area contributed by atoms with Crippen LogP contribution in [0.1, 0.15) is 5.56 Å². The molecule has 0 spiro atoms. The molecule has 0 aliphatic rings. The lowest BCUT2D eigenvalue weighted by Crippen LogP contribution is -2.00. The van der Waals surface area contributed by atoms with Crippen molar-refractivity contribution in [3.8, 4) is 11.1 Å². The lowest BCUT2D eigenvalue weighted by molar-refractivity contribution is 0.650. The highest BCUT2D eigenvalue weighted by Crippen LogP contribution is 2.19. The first kappa shape index (κ1) is 11.5. The first-order valence-corrected chi connectivity index (χ1v) is 6.11. The molecule has 19 heavy (non-hydrogen) atoms. The Labute approximate surface area is 111 Å². The van der Waals surface area contributed by atoms with Gasteiger partial charge in [-0.25, -0.2) is 4.68 Å². The topological polar surface area (TPSA) is 56.7 Å². The van der Waals surface area contributed by atoms with Crippen LogP contribution in [0.5, 0.6) is 0 Å². The zero-order valence-electron chi connectivity index (χ0n) is 10.4. The van der Waals surface area contributed by atoms with Crippen molar-refractivity contribution in [1.82, 2.24) is 15.0 Å². The van der Waals surface area contributed by atoms with E-state index in [1.165, 1.54) is 16.7 Å². The zero-order valence-corrected chi connectivity index (χ0v) is 10.4. The lowest BCUT2D eigenvalue weighted by Gasteiger charge is -2.04. The van der Waals surface area contributed by atoms with E-state index in [1.54, 1.807) is 10.9 Å². The second kappa shape index (κ2) is 4.94. The summed E-state index contributed by atoms with van der Waals surface area (Å²) in [6, 6.07) is 18.7. The van der Waals surface area contributed by atoms with Crippen LogP contribution in [-0.2, 0) is 6.54 Å². The normalized spacial score (nSPS) is 10.5. The SMILES string of the molecule is Nc1cn(Cc2ccc(-c3ccccc3)cc2)nn1. The van der Waals surface area contributed by atoms with E-state index >= 15 is 0 Å². The van der Waals surface area contributed by atoms with Crippen molar-refractivity contribution in [3.63, 3.8) is 0 Å². The van der Waals surface area contributed by atoms with Gasteiger partial charge in [0.25, 0.3) is 0 Å². The first-order valence-electron chi connectivity index (χ1n) is 6.11. The Hall–Kier alpha value is -2.62. The fourth-order valence-electron chi connectivity index (χ4n) is 2.01. The number of hydrogen-bond acceptors (Lipinski definition) is 3. The molecular formula is C15H14N4. The van der Waals surface area contributed by atoms with Crippen LogP contribution in [0, 0.1) is 0 Å². The summed E-state index contributed by atoms with van der Waals surface area (Å²) in [5.41, 5.74) is 9.14. The molecule has 3 rings (SSSR count). The van der Waals surface area contributed by atoms with Gasteiger partial charge in [-0.05, 0) is 16.7 Å². The molecule has 4 nitrogen and oxygen atoms in total. The Morgan fingerprint density at radius 1 is 0.895 bits per heavy atom. The van der Waals surface area contributed by atoms with Crippen LogP contribution in [-0.4, -0.2) is 15.0 Å². The summed E-state index contributed by atoms with van der Waals surface area (Å²) in [5.74, 6) is 0.445. The molecule has 0 saturated heterocycles. The van der Waals surface area contributed by atoms with Crippen LogP contribution in [0.25, 0.3) is 11.1 Å². The molecule has 3 aromatic rings. The van der Waals surface area contributed by atoms with Crippen LogP contribution in [0.3, 0.4) is 0 Å². The Morgan fingerprint density at radius 3 is 2.21 bits per heavy atom. The fraction of sp³-hybridized carbons (Fsp3) is 0.0667. The largest absolute Gasteiger partial charge is 0.381 e. The monoisotopic (exact) mass is 250 g/mol. The van der Waals surface area contributed by atoms with E-state index in [4.69, 9.17) is 5.73 Å². The Morgan fingerprint density at radius 2 is 1.58 bits per heavy atom. The fourth-order valence-corrected chi connectivity index (χ4v) is 2.01. The van der Waals surface area contributed by atoms with E-state index in [1.807, 2.05) is 18.2 Å². The lowest BCUT2D eigenvalue weighted by atomic mass is 10.0. The minimum absolute atomic E-state index is 0.445. The molecule has 0 aliphatic heterocycles. The van der Waals surface area contributed by atoms with Gasteiger partial charge in [0.2, 0.25) is 0 Å². The Kier molecular flexibility index (Phi) is 2.98. The molecule has 0 saturated carbocycles. The van der Waals surface area contributed by atoms with Gasteiger partial charge in [-0.3, -0.25) is 0 Å². The predicted molar refractivity (Wildman–Crippen MR) is 75.4 cm³/mol. The van der Waals surface area contributed by atoms with Gasteiger partial charge in [-0.1, -0.05) is 59.8 Å². The summed E-state index contributed by atoms with van der Waals surface area (Å²) < 4.78 is 1.73. The van der Waals surface area contributed by atoms with Crippen LogP contribution < -0.4 is 5.73 Å². The van der Waals surface area contributed by atoms with E-state index < -0.39 is 0 Å². The average Bonchev–Trinajstić information content (AvgIpc) is 2.86. The van der Waals surface area contributed by atoms with E-state index in [0.717, 1.165) is 0 Å². The van der Waals surface area contributed by atoms with E-state index in [2.05, 4.69) is 46.7 Å². The number of anilines is 1. The maximum absolute atomic E-state index is 5.54. The second-order valence-electron chi connectivity index (χ2n) is 4.40. The summed E-state index contributed by atoms with van der Waals surface area (Å²) in [4.78, 5) is 0. The molecule has 0 fully saturated rings. The highest BCUT2D eigenvalue weighted by molar-refractivity contribution is 5.63. The highest BCUT2D eigenvalue weighted by atomic mass is 15.4. The van der Waals surface area contributed by atoms with Crippen LogP contribution in [0.4, 0.5) is 5.82 Å². The number of rotatable bonds is 3. The molecule has 1 heterocycles. The third kappa shape index (κ3) is 2.63. The third-order valence-corrected chi connectivity index (χ3v) is 2.96. The van der Waals surface area contributed by atoms with E-state index in [0.29, 0.717) is 12.4 Å².